The molecule has 0 amide bonds. The van der Waals surface area contributed by atoms with Gasteiger partial charge in [0.05, 0.1) is 4.91 Å². The number of allylic oxidation sites excluding steroid dienone is 1. The van der Waals surface area contributed by atoms with Crippen molar-refractivity contribution in [3.8, 4) is 0 Å². The summed E-state index contributed by atoms with van der Waals surface area (Å²) in [5.74, 6) is -0.365. The molecule has 0 saturated carbocycles. The van der Waals surface area contributed by atoms with E-state index in [9.17, 15) is 12.8 Å². The van der Waals surface area contributed by atoms with E-state index in [4.69, 9.17) is 5.14 Å². The first-order valence-corrected chi connectivity index (χ1v) is 5.41. The Morgan fingerprint density at radius 3 is 2.29 bits per heavy atom. The minimum Gasteiger partial charge on any atom is -0.225 e. The minimum atomic E-state index is -3.64. The molecule has 0 bridgehead atoms. The number of halogens is 1. The van der Waals surface area contributed by atoms with E-state index in [0.29, 0.717) is 5.56 Å². The molecule has 0 aromatic heterocycles. The van der Waals surface area contributed by atoms with Crippen LogP contribution in [-0.4, -0.2) is 8.42 Å². The van der Waals surface area contributed by atoms with Crippen molar-refractivity contribution < 1.29 is 12.8 Å². The SMILES string of the molecule is C/C(=C\c1ccc(F)cc1)S(N)(=O)=O. The number of sulfonamides is 1. The van der Waals surface area contributed by atoms with Gasteiger partial charge in [0, 0.05) is 0 Å². The summed E-state index contributed by atoms with van der Waals surface area (Å²) < 4.78 is 34.2. The van der Waals surface area contributed by atoms with Crippen molar-refractivity contribution in [1.82, 2.24) is 0 Å². The van der Waals surface area contributed by atoms with Crippen LogP contribution >= 0.6 is 0 Å². The molecule has 14 heavy (non-hydrogen) atoms. The topological polar surface area (TPSA) is 60.2 Å². The van der Waals surface area contributed by atoms with Crippen molar-refractivity contribution in [3.63, 3.8) is 0 Å². The van der Waals surface area contributed by atoms with E-state index in [2.05, 4.69) is 0 Å². The highest BCUT2D eigenvalue weighted by molar-refractivity contribution is 7.93. The Kier molecular flexibility index (Phi) is 3.03. The highest BCUT2D eigenvalue weighted by Gasteiger charge is 2.04. The lowest BCUT2D eigenvalue weighted by Crippen LogP contribution is -2.12. The van der Waals surface area contributed by atoms with Gasteiger partial charge in [0.15, 0.2) is 0 Å². The Labute approximate surface area is 82.1 Å². The Morgan fingerprint density at radius 1 is 1.36 bits per heavy atom. The van der Waals surface area contributed by atoms with Gasteiger partial charge in [-0.1, -0.05) is 12.1 Å². The summed E-state index contributed by atoms with van der Waals surface area (Å²) >= 11 is 0. The quantitative estimate of drug-likeness (QED) is 0.812. The normalized spacial score (nSPS) is 12.9. The monoisotopic (exact) mass is 215 g/mol. The Bertz CT molecular complexity index is 448. The molecule has 0 atom stereocenters. The van der Waals surface area contributed by atoms with Crippen molar-refractivity contribution >= 4 is 16.1 Å². The molecule has 1 rings (SSSR count). The molecule has 0 aliphatic rings. The van der Waals surface area contributed by atoms with Crippen LogP contribution in [0.4, 0.5) is 4.39 Å². The summed E-state index contributed by atoms with van der Waals surface area (Å²) in [6, 6.07) is 5.46. The molecule has 1 aromatic rings. The van der Waals surface area contributed by atoms with E-state index in [0.717, 1.165) is 0 Å². The zero-order chi connectivity index (χ0) is 10.8. The third-order valence-corrected chi connectivity index (χ3v) is 2.70. The molecule has 0 heterocycles. The predicted molar refractivity (Wildman–Crippen MR) is 53.2 cm³/mol. The summed E-state index contributed by atoms with van der Waals surface area (Å²) in [7, 11) is -3.64. The maximum Gasteiger partial charge on any atom is 0.233 e. The van der Waals surface area contributed by atoms with E-state index in [-0.39, 0.29) is 10.7 Å². The van der Waals surface area contributed by atoms with Crippen LogP contribution < -0.4 is 5.14 Å². The van der Waals surface area contributed by atoms with Crippen LogP contribution in [0.3, 0.4) is 0 Å². The van der Waals surface area contributed by atoms with E-state index < -0.39 is 10.0 Å². The second-order valence-electron chi connectivity index (χ2n) is 2.85. The fraction of sp³-hybridized carbons (Fsp3) is 0.111. The van der Waals surface area contributed by atoms with Gasteiger partial charge in [-0.3, -0.25) is 0 Å². The molecular weight excluding hydrogens is 205 g/mol. The molecule has 0 radical (unpaired) electrons. The van der Waals surface area contributed by atoms with Crippen LogP contribution in [0.5, 0.6) is 0 Å². The van der Waals surface area contributed by atoms with Crippen molar-refractivity contribution in [3.05, 3.63) is 40.6 Å². The van der Waals surface area contributed by atoms with Crippen LogP contribution in [0.1, 0.15) is 12.5 Å². The summed E-state index contributed by atoms with van der Waals surface area (Å²) in [4.78, 5) is 0.0455. The average molecular weight is 215 g/mol. The van der Waals surface area contributed by atoms with Crippen LogP contribution in [0.15, 0.2) is 29.2 Å². The van der Waals surface area contributed by atoms with E-state index >= 15 is 0 Å². The molecule has 76 valence electrons. The summed E-state index contributed by atoms with van der Waals surface area (Å²) in [5.41, 5.74) is 0.595. The summed E-state index contributed by atoms with van der Waals surface area (Å²) in [6.07, 6.45) is 1.38. The number of hydrogen-bond donors (Lipinski definition) is 1. The Morgan fingerprint density at radius 2 is 1.86 bits per heavy atom. The zero-order valence-corrected chi connectivity index (χ0v) is 8.38. The lowest BCUT2D eigenvalue weighted by atomic mass is 10.2. The number of rotatable bonds is 2. The lowest BCUT2D eigenvalue weighted by molar-refractivity contribution is 0.604. The second kappa shape index (κ2) is 3.89. The molecule has 0 unspecified atom stereocenters. The minimum absolute atomic E-state index is 0.0455. The molecule has 3 nitrogen and oxygen atoms in total. The predicted octanol–water partition coefficient (Wildman–Crippen LogP) is 1.47. The fourth-order valence-electron chi connectivity index (χ4n) is 0.876. The van der Waals surface area contributed by atoms with E-state index in [1.165, 1.54) is 37.3 Å². The standard InChI is InChI=1S/C9H10FNO2S/c1-7(14(11,12)13)6-8-2-4-9(10)5-3-8/h2-6H,1H3,(H2,11,12,13)/b7-6+. The number of nitrogens with two attached hydrogens (primary N) is 1. The van der Waals surface area contributed by atoms with Gasteiger partial charge >= 0.3 is 0 Å². The smallest absolute Gasteiger partial charge is 0.225 e. The number of primary sulfonamides is 1. The molecule has 0 aliphatic heterocycles. The molecule has 2 N–H and O–H groups in total. The molecule has 0 saturated heterocycles. The largest absolute Gasteiger partial charge is 0.233 e. The summed E-state index contributed by atoms with van der Waals surface area (Å²) in [5, 5.41) is 4.89. The summed E-state index contributed by atoms with van der Waals surface area (Å²) in [6.45, 7) is 1.39. The average Bonchev–Trinajstić information content (AvgIpc) is 2.07. The number of hydrogen-bond acceptors (Lipinski definition) is 2. The maximum absolute atomic E-state index is 12.5. The maximum atomic E-state index is 12.5. The van der Waals surface area contributed by atoms with Gasteiger partial charge in [-0.2, -0.15) is 0 Å². The van der Waals surface area contributed by atoms with Gasteiger partial charge in [-0.05, 0) is 30.7 Å². The lowest BCUT2D eigenvalue weighted by Gasteiger charge is -1.97. The van der Waals surface area contributed by atoms with Gasteiger partial charge in [0.25, 0.3) is 0 Å². The third-order valence-electron chi connectivity index (χ3n) is 1.69. The van der Waals surface area contributed by atoms with Gasteiger partial charge in [0.1, 0.15) is 5.82 Å². The van der Waals surface area contributed by atoms with E-state index in [1.807, 2.05) is 0 Å². The Balaban J connectivity index is 3.05. The van der Waals surface area contributed by atoms with Crippen molar-refractivity contribution in [2.45, 2.75) is 6.92 Å². The van der Waals surface area contributed by atoms with Crippen LogP contribution in [0.25, 0.3) is 6.08 Å². The van der Waals surface area contributed by atoms with Gasteiger partial charge in [-0.25, -0.2) is 17.9 Å². The van der Waals surface area contributed by atoms with Crippen LogP contribution in [-0.2, 0) is 10.0 Å². The number of benzene rings is 1. The Hall–Kier alpha value is -1.20. The highest BCUT2D eigenvalue weighted by Crippen LogP contribution is 2.10. The van der Waals surface area contributed by atoms with Gasteiger partial charge in [-0.15, -0.1) is 0 Å². The second-order valence-corrected chi connectivity index (χ2v) is 4.59. The highest BCUT2D eigenvalue weighted by atomic mass is 32.2. The molecular formula is C9H10FNO2S. The fourth-order valence-corrected chi connectivity index (χ4v) is 1.18. The molecule has 0 fully saturated rings. The van der Waals surface area contributed by atoms with Crippen molar-refractivity contribution in [1.29, 1.82) is 0 Å². The van der Waals surface area contributed by atoms with Gasteiger partial charge in [0.2, 0.25) is 10.0 Å². The van der Waals surface area contributed by atoms with Crippen LogP contribution in [0.2, 0.25) is 0 Å². The zero-order valence-electron chi connectivity index (χ0n) is 7.57. The first kappa shape index (κ1) is 10.9. The first-order valence-electron chi connectivity index (χ1n) is 3.86. The van der Waals surface area contributed by atoms with Crippen molar-refractivity contribution in [2.24, 2.45) is 5.14 Å². The van der Waals surface area contributed by atoms with Gasteiger partial charge < -0.3 is 0 Å². The van der Waals surface area contributed by atoms with E-state index in [1.54, 1.807) is 0 Å². The van der Waals surface area contributed by atoms with Crippen molar-refractivity contribution in [2.75, 3.05) is 0 Å². The molecule has 0 spiro atoms. The third kappa shape index (κ3) is 2.93. The molecule has 5 heteroatoms. The molecule has 1 aromatic carbocycles. The van der Waals surface area contributed by atoms with Crippen LogP contribution in [0, 0.1) is 5.82 Å². The first-order chi connectivity index (χ1) is 6.39. The molecule has 0 aliphatic carbocycles.